The minimum absolute atomic E-state index is 0.0991. The smallest absolute Gasteiger partial charge is 0.270 e. The van der Waals surface area contributed by atoms with Gasteiger partial charge in [-0.05, 0) is 6.07 Å². The van der Waals surface area contributed by atoms with Crippen LogP contribution in [0.25, 0.3) is 17.0 Å². The number of nitrogens with zero attached hydrogens (tertiary/aromatic N) is 4. The van der Waals surface area contributed by atoms with Crippen LogP contribution in [0.15, 0.2) is 42.7 Å². The van der Waals surface area contributed by atoms with E-state index in [-0.39, 0.29) is 11.5 Å². The van der Waals surface area contributed by atoms with Crippen LogP contribution in [0.2, 0.25) is 0 Å². The number of amides is 1. The molecule has 0 aliphatic carbocycles. The van der Waals surface area contributed by atoms with Gasteiger partial charge in [0.25, 0.3) is 18.1 Å². The van der Waals surface area contributed by atoms with Crippen molar-refractivity contribution in [2.24, 2.45) is 0 Å². The summed E-state index contributed by atoms with van der Waals surface area (Å²) in [4.78, 5) is 20.3. The Kier molecular flexibility index (Phi) is 3.73. The van der Waals surface area contributed by atoms with Crippen molar-refractivity contribution in [3.63, 3.8) is 0 Å². The summed E-state index contributed by atoms with van der Waals surface area (Å²) in [6, 6.07) is 10.7. The maximum absolute atomic E-state index is 12.2. The Morgan fingerprint density at radius 1 is 1.27 bits per heavy atom. The van der Waals surface area contributed by atoms with Crippen LogP contribution in [0.4, 0.5) is 8.78 Å². The molecule has 8 heteroatoms. The number of aromatic nitrogens is 4. The maximum Gasteiger partial charge on any atom is 0.270 e. The van der Waals surface area contributed by atoms with Gasteiger partial charge < -0.3 is 5.32 Å². The predicted octanol–water partition coefficient (Wildman–Crippen LogP) is 1.79. The van der Waals surface area contributed by atoms with Gasteiger partial charge in [-0.25, -0.2) is 13.8 Å². The van der Waals surface area contributed by atoms with E-state index in [1.807, 2.05) is 30.3 Å². The first kappa shape index (κ1) is 14.1. The summed E-state index contributed by atoms with van der Waals surface area (Å²) in [5, 5.41) is 6.05. The largest absolute Gasteiger partial charge is 0.345 e. The summed E-state index contributed by atoms with van der Waals surface area (Å²) in [6.07, 6.45) is -1.37. The molecule has 0 fully saturated rings. The zero-order valence-electron chi connectivity index (χ0n) is 11.3. The summed E-state index contributed by atoms with van der Waals surface area (Å²) >= 11 is 0. The van der Waals surface area contributed by atoms with Crippen LogP contribution in [0, 0.1) is 0 Å². The lowest BCUT2D eigenvalue weighted by Crippen LogP contribution is -2.30. The minimum atomic E-state index is -2.62. The van der Waals surface area contributed by atoms with E-state index in [1.54, 1.807) is 0 Å². The van der Waals surface area contributed by atoms with E-state index >= 15 is 0 Å². The lowest BCUT2D eigenvalue weighted by atomic mass is 10.1. The van der Waals surface area contributed by atoms with Gasteiger partial charge in [0.2, 0.25) is 0 Å². The van der Waals surface area contributed by atoms with Gasteiger partial charge in [-0.1, -0.05) is 30.3 Å². The Hall–Kier alpha value is -2.90. The van der Waals surface area contributed by atoms with Crippen LogP contribution in [0.3, 0.4) is 0 Å². The van der Waals surface area contributed by atoms with Gasteiger partial charge in [-0.2, -0.15) is 14.6 Å². The van der Waals surface area contributed by atoms with E-state index in [0.29, 0.717) is 5.69 Å². The molecule has 3 aromatic rings. The fraction of sp³-hybridized carbons (Fsp3) is 0.143. The van der Waals surface area contributed by atoms with Gasteiger partial charge >= 0.3 is 0 Å². The third-order valence-corrected chi connectivity index (χ3v) is 2.97. The average molecular weight is 303 g/mol. The van der Waals surface area contributed by atoms with Crippen molar-refractivity contribution in [2.75, 3.05) is 6.54 Å². The van der Waals surface area contributed by atoms with Crippen molar-refractivity contribution in [1.82, 2.24) is 24.9 Å². The third-order valence-electron chi connectivity index (χ3n) is 2.97. The van der Waals surface area contributed by atoms with Gasteiger partial charge in [0, 0.05) is 5.56 Å². The molecule has 1 amide bonds. The lowest BCUT2D eigenvalue weighted by Gasteiger charge is -2.08. The number of carbonyl (C=O) groups excluding carboxylic acids is 1. The molecule has 2 aromatic heterocycles. The van der Waals surface area contributed by atoms with Gasteiger partial charge in [0.05, 0.1) is 12.2 Å². The molecule has 2 heterocycles. The summed E-state index contributed by atoms with van der Waals surface area (Å²) in [6.45, 7) is -0.724. The fourth-order valence-corrected chi connectivity index (χ4v) is 1.99. The van der Waals surface area contributed by atoms with Crippen molar-refractivity contribution in [3.8, 4) is 11.3 Å². The minimum Gasteiger partial charge on any atom is -0.345 e. The molecule has 0 bridgehead atoms. The van der Waals surface area contributed by atoms with Gasteiger partial charge in [-0.15, -0.1) is 0 Å². The summed E-state index contributed by atoms with van der Waals surface area (Å²) in [7, 11) is 0. The van der Waals surface area contributed by atoms with Crippen molar-refractivity contribution >= 4 is 11.7 Å². The van der Waals surface area contributed by atoms with Crippen LogP contribution >= 0.6 is 0 Å². The lowest BCUT2D eigenvalue weighted by molar-refractivity contribution is 0.0884. The number of rotatable bonds is 4. The molecular weight excluding hydrogens is 292 g/mol. The number of nitrogens with one attached hydrogen (secondary N) is 1. The second-order valence-electron chi connectivity index (χ2n) is 4.47. The molecule has 6 nitrogen and oxygen atoms in total. The van der Waals surface area contributed by atoms with Crippen LogP contribution in [-0.4, -0.2) is 38.5 Å². The predicted molar refractivity (Wildman–Crippen MR) is 74.6 cm³/mol. The Labute approximate surface area is 123 Å². The number of halogens is 2. The quantitative estimate of drug-likeness (QED) is 0.797. The highest BCUT2D eigenvalue weighted by atomic mass is 19.3. The van der Waals surface area contributed by atoms with Crippen LogP contribution < -0.4 is 5.32 Å². The third kappa shape index (κ3) is 2.76. The van der Waals surface area contributed by atoms with Crippen LogP contribution in [-0.2, 0) is 0 Å². The SMILES string of the molecule is O=C(NCC(F)F)c1cc(-c2ccccc2)nc2ncnn12. The Balaban J connectivity index is 2.05. The van der Waals surface area contributed by atoms with Crippen LogP contribution in [0.5, 0.6) is 0 Å². The molecule has 3 rings (SSSR count). The zero-order chi connectivity index (χ0) is 15.5. The molecule has 0 saturated carbocycles. The van der Waals surface area contributed by atoms with Crippen LogP contribution in [0.1, 0.15) is 10.5 Å². The number of fused-ring (bicyclic) bond motifs is 1. The van der Waals surface area contributed by atoms with Crippen molar-refractivity contribution in [3.05, 3.63) is 48.4 Å². The topological polar surface area (TPSA) is 72.2 Å². The monoisotopic (exact) mass is 303 g/mol. The number of alkyl halides is 2. The molecule has 0 atom stereocenters. The zero-order valence-corrected chi connectivity index (χ0v) is 11.3. The molecule has 0 unspecified atom stereocenters. The second kappa shape index (κ2) is 5.84. The van der Waals surface area contributed by atoms with E-state index in [9.17, 15) is 13.6 Å². The normalized spacial score (nSPS) is 11.0. The Morgan fingerprint density at radius 3 is 2.77 bits per heavy atom. The molecule has 0 aliphatic rings. The number of hydrogen-bond acceptors (Lipinski definition) is 4. The fourth-order valence-electron chi connectivity index (χ4n) is 1.99. The highest BCUT2D eigenvalue weighted by Gasteiger charge is 2.16. The molecule has 0 saturated heterocycles. The molecule has 22 heavy (non-hydrogen) atoms. The van der Waals surface area contributed by atoms with E-state index in [4.69, 9.17) is 0 Å². The molecule has 0 spiro atoms. The molecule has 1 N–H and O–H groups in total. The standard InChI is InChI=1S/C14H11F2N5O/c15-12(16)7-17-13(22)11-6-10(9-4-2-1-3-5-9)20-14-18-8-19-21(11)14/h1-6,8,12H,7H2,(H,17,22). The first-order valence-electron chi connectivity index (χ1n) is 6.47. The second-order valence-corrected chi connectivity index (χ2v) is 4.47. The first-order chi connectivity index (χ1) is 10.6. The van der Waals surface area contributed by atoms with Crippen molar-refractivity contribution in [2.45, 2.75) is 6.43 Å². The first-order valence-corrected chi connectivity index (χ1v) is 6.47. The number of hydrogen-bond donors (Lipinski definition) is 1. The van der Waals surface area contributed by atoms with E-state index < -0.39 is 18.9 Å². The number of carbonyl (C=O) groups is 1. The highest BCUT2D eigenvalue weighted by molar-refractivity contribution is 5.94. The summed E-state index contributed by atoms with van der Waals surface area (Å²) < 4.78 is 25.7. The molecule has 1 aromatic carbocycles. The average Bonchev–Trinajstić information content (AvgIpc) is 3.01. The van der Waals surface area contributed by atoms with Gasteiger partial charge in [-0.3, -0.25) is 4.79 Å². The molecule has 112 valence electrons. The molecule has 0 aliphatic heterocycles. The van der Waals surface area contributed by atoms with Gasteiger partial charge in [0.1, 0.15) is 12.0 Å². The summed E-state index contributed by atoms with van der Waals surface area (Å²) in [5.74, 6) is -0.432. The van der Waals surface area contributed by atoms with Crippen molar-refractivity contribution in [1.29, 1.82) is 0 Å². The Bertz CT molecular complexity index is 803. The number of benzene rings is 1. The van der Waals surface area contributed by atoms with E-state index in [2.05, 4.69) is 20.4 Å². The maximum atomic E-state index is 12.2. The van der Waals surface area contributed by atoms with Crippen molar-refractivity contribution < 1.29 is 13.6 Å². The summed E-state index contributed by atoms with van der Waals surface area (Å²) in [5.41, 5.74) is 1.40. The Morgan fingerprint density at radius 2 is 2.05 bits per heavy atom. The van der Waals surface area contributed by atoms with Gasteiger partial charge in [0.15, 0.2) is 0 Å². The molecule has 0 radical (unpaired) electrons. The van der Waals surface area contributed by atoms with E-state index in [1.165, 1.54) is 16.9 Å². The van der Waals surface area contributed by atoms with E-state index in [0.717, 1.165) is 5.56 Å². The molecular formula is C14H11F2N5O. The highest BCUT2D eigenvalue weighted by Crippen LogP contribution is 2.18.